The van der Waals surface area contributed by atoms with Gasteiger partial charge in [-0.3, -0.25) is 0 Å². The highest BCUT2D eigenvalue weighted by Gasteiger charge is 2.27. The molecule has 1 fully saturated rings. The molecule has 175 valence electrons. The molecule has 0 saturated carbocycles. The Morgan fingerprint density at radius 3 is 2.74 bits per heavy atom. The summed E-state index contributed by atoms with van der Waals surface area (Å²) in [5, 5.41) is 5.16. The van der Waals surface area contributed by atoms with Gasteiger partial charge >= 0.3 is 0 Å². The summed E-state index contributed by atoms with van der Waals surface area (Å²) < 4.78 is 30.7. The lowest BCUT2D eigenvalue weighted by Crippen LogP contribution is -2.33. The number of rotatable bonds is 8. The normalized spacial score (nSPS) is 14.5. The lowest BCUT2D eigenvalue weighted by Gasteiger charge is -2.34. The number of piperidine rings is 1. The third-order valence-corrected chi connectivity index (χ3v) is 6.48. The predicted molar refractivity (Wildman–Crippen MR) is 130 cm³/mol. The van der Waals surface area contributed by atoms with Gasteiger partial charge in [0.15, 0.2) is 17.1 Å². The summed E-state index contributed by atoms with van der Waals surface area (Å²) in [5.74, 6) is 1.34. The van der Waals surface area contributed by atoms with E-state index >= 15 is 0 Å². The number of nitrogens with zero attached hydrogens (tertiary/aromatic N) is 2. The number of benzene rings is 3. The second-order valence-corrected chi connectivity index (χ2v) is 8.63. The van der Waals surface area contributed by atoms with E-state index in [0.29, 0.717) is 17.9 Å². The van der Waals surface area contributed by atoms with Crippen molar-refractivity contribution in [1.29, 1.82) is 0 Å². The molecular weight excluding hydrogens is 431 g/mol. The second-order valence-electron chi connectivity index (χ2n) is 8.63. The molecule has 0 N–H and O–H groups in total. The molecule has 4 aromatic rings. The maximum absolute atomic E-state index is 13.5. The van der Waals surface area contributed by atoms with E-state index < -0.39 is 0 Å². The summed E-state index contributed by atoms with van der Waals surface area (Å²) in [6.07, 6.45) is 3.74. The molecule has 6 heteroatoms. The summed E-state index contributed by atoms with van der Waals surface area (Å²) in [6, 6.07) is 22.2. The minimum Gasteiger partial charge on any atom is -0.491 e. The first kappa shape index (κ1) is 22.3. The van der Waals surface area contributed by atoms with E-state index in [0.717, 1.165) is 61.3 Å². The molecule has 1 aliphatic heterocycles. The summed E-state index contributed by atoms with van der Waals surface area (Å²) in [7, 11) is 1.68. The summed E-state index contributed by atoms with van der Waals surface area (Å²) in [5.41, 5.74) is 3.76. The van der Waals surface area contributed by atoms with Crippen molar-refractivity contribution < 1.29 is 18.4 Å². The molecule has 1 aliphatic rings. The zero-order valence-corrected chi connectivity index (χ0v) is 19.3. The van der Waals surface area contributed by atoms with Crippen LogP contribution >= 0.6 is 0 Å². The Bertz CT molecular complexity index is 1230. The SMILES string of the molecule is COc1c(OCCCc2ccccc2)[c]ccc1N1CCC(c2noc3cc(F)ccc23)CC1. The number of anilines is 1. The number of aryl methyl sites for hydroxylation is 1. The highest BCUT2D eigenvalue weighted by atomic mass is 19.1. The minimum absolute atomic E-state index is 0.276. The number of ether oxygens (including phenoxy) is 2. The van der Waals surface area contributed by atoms with Crippen molar-refractivity contribution in [2.75, 3.05) is 31.7 Å². The van der Waals surface area contributed by atoms with Crippen molar-refractivity contribution >= 4 is 16.7 Å². The molecule has 0 spiro atoms. The monoisotopic (exact) mass is 459 g/mol. The third-order valence-electron chi connectivity index (χ3n) is 6.48. The topological polar surface area (TPSA) is 47.7 Å². The number of aromatic nitrogens is 1. The van der Waals surface area contributed by atoms with Gasteiger partial charge in [-0.2, -0.15) is 0 Å². The second kappa shape index (κ2) is 10.2. The summed E-state index contributed by atoms with van der Waals surface area (Å²) in [6.45, 7) is 2.31. The third kappa shape index (κ3) is 4.72. The van der Waals surface area contributed by atoms with Crippen molar-refractivity contribution in [3.8, 4) is 11.5 Å². The number of fused-ring (bicyclic) bond motifs is 1. The molecule has 0 bridgehead atoms. The van der Waals surface area contributed by atoms with Gasteiger partial charge in [0, 0.05) is 36.5 Å². The van der Waals surface area contributed by atoms with Crippen LogP contribution in [0.1, 0.15) is 36.4 Å². The molecule has 1 radical (unpaired) electrons. The van der Waals surface area contributed by atoms with E-state index in [9.17, 15) is 4.39 Å². The van der Waals surface area contributed by atoms with Crippen LogP contribution in [0.4, 0.5) is 10.1 Å². The first-order valence-electron chi connectivity index (χ1n) is 11.8. The fourth-order valence-corrected chi connectivity index (χ4v) is 4.72. The predicted octanol–water partition coefficient (Wildman–Crippen LogP) is 6.17. The smallest absolute Gasteiger partial charge is 0.184 e. The zero-order valence-electron chi connectivity index (χ0n) is 19.3. The van der Waals surface area contributed by atoms with Crippen molar-refractivity contribution in [2.45, 2.75) is 31.6 Å². The van der Waals surface area contributed by atoms with Gasteiger partial charge < -0.3 is 18.9 Å². The fraction of sp³-hybridized carbons (Fsp3) is 0.321. The van der Waals surface area contributed by atoms with Crippen molar-refractivity contribution in [2.24, 2.45) is 0 Å². The van der Waals surface area contributed by atoms with Crippen LogP contribution in [0.25, 0.3) is 11.0 Å². The van der Waals surface area contributed by atoms with Crippen molar-refractivity contribution in [1.82, 2.24) is 5.16 Å². The molecular formula is C28H28FN2O3. The maximum Gasteiger partial charge on any atom is 0.184 e. The lowest BCUT2D eigenvalue weighted by atomic mass is 9.91. The van der Waals surface area contributed by atoms with Gasteiger partial charge in [0.25, 0.3) is 0 Å². The average Bonchev–Trinajstić information content (AvgIpc) is 3.30. The molecule has 0 unspecified atom stereocenters. The van der Waals surface area contributed by atoms with Crippen LogP contribution in [0, 0.1) is 11.9 Å². The van der Waals surface area contributed by atoms with Gasteiger partial charge in [-0.25, -0.2) is 4.39 Å². The Hall–Kier alpha value is -3.54. The Kier molecular flexibility index (Phi) is 6.65. The van der Waals surface area contributed by atoms with Crippen LogP contribution in [-0.2, 0) is 6.42 Å². The number of methoxy groups -OCH3 is 1. The number of halogens is 1. The van der Waals surface area contributed by atoms with Gasteiger partial charge in [-0.1, -0.05) is 35.5 Å². The minimum atomic E-state index is -0.309. The van der Waals surface area contributed by atoms with Gasteiger partial charge in [0.1, 0.15) is 5.82 Å². The Balaban J connectivity index is 1.22. The lowest BCUT2D eigenvalue weighted by molar-refractivity contribution is 0.288. The first-order chi connectivity index (χ1) is 16.7. The fourth-order valence-electron chi connectivity index (χ4n) is 4.72. The Morgan fingerprint density at radius 2 is 1.94 bits per heavy atom. The molecule has 3 aromatic carbocycles. The largest absolute Gasteiger partial charge is 0.491 e. The van der Waals surface area contributed by atoms with Gasteiger partial charge in [0.2, 0.25) is 0 Å². The highest BCUT2D eigenvalue weighted by Crippen LogP contribution is 2.40. The van der Waals surface area contributed by atoms with Gasteiger partial charge in [0.05, 0.1) is 25.1 Å². The summed E-state index contributed by atoms with van der Waals surface area (Å²) >= 11 is 0. The highest BCUT2D eigenvalue weighted by molar-refractivity contribution is 5.80. The molecule has 2 heterocycles. The molecule has 1 saturated heterocycles. The molecule has 5 nitrogen and oxygen atoms in total. The molecule has 0 atom stereocenters. The number of hydrogen-bond donors (Lipinski definition) is 0. The molecule has 0 amide bonds. The molecule has 1 aromatic heterocycles. The van der Waals surface area contributed by atoms with E-state index in [1.165, 1.54) is 17.7 Å². The Labute approximate surface area is 199 Å². The van der Waals surface area contributed by atoms with Gasteiger partial charge in [-0.15, -0.1) is 0 Å². The van der Waals surface area contributed by atoms with Crippen LogP contribution in [0.5, 0.6) is 11.5 Å². The van der Waals surface area contributed by atoms with Crippen molar-refractivity contribution in [3.05, 3.63) is 83.8 Å². The van der Waals surface area contributed by atoms with E-state index in [-0.39, 0.29) is 11.7 Å². The first-order valence-corrected chi connectivity index (χ1v) is 11.8. The number of hydrogen-bond acceptors (Lipinski definition) is 5. The van der Waals surface area contributed by atoms with E-state index in [1.807, 2.05) is 18.2 Å². The van der Waals surface area contributed by atoms with Crippen molar-refractivity contribution in [3.63, 3.8) is 0 Å². The Morgan fingerprint density at radius 1 is 1.12 bits per heavy atom. The van der Waals surface area contributed by atoms with E-state index in [4.69, 9.17) is 14.0 Å². The zero-order chi connectivity index (χ0) is 23.3. The van der Waals surface area contributed by atoms with E-state index in [1.54, 1.807) is 13.2 Å². The quantitative estimate of drug-likeness (QED) is 0.295. The van der Waals surface area contributed by atoms with Crippen LogP contribution in [0.3, 0.4) is 0 Å². The maximum atomic E-state index is 13.5. The van der Waals surface area contributed by atoms with Crippen LogP contribution in [-0.4, -0.2) is 32.0 Å². The molecule has 34 heavy (non-hydrogen) atoms. The van der Waals surface area contributed by atoms with Gasteiger partial charge in [-0.05, 0) is 55.5 Å². The van der Waals surface area contributed by atoms with E-state index in [2.05, 4.69) is 40.4 Å². The van der Waals surface area contributed by atoms with Crippen LogP contribution in [0.15, 0.2) is 65.2 Å². The molecule has 0 aliphatic carbocycles. The summed E-state index contributed by atoms with van der Waals surface area (Å²) in [4.78, 5) is 2.32. The standard InChI is InChI=1S/C28H28FN2O3/c1-32-28-24(10-5-11-25(28)33-18-6-9-20-7-3-2-4-8-20)31-16-14-21(15-17-31)27-23-13-12-22(29)19-26(23)34-30-27/h2-5,7-8,10,12-13,19,21H,6,9,14-18H2,1H3. The molecule has 5 rings (SSSR count). The van der Waals surface area contributed by atoms with Crippen LogP contribution in [0.2, 0.25) is 0 Å². The average molecular weight is 460 g/mol. The van der Waals surface area contributed by atoms with Crippen LogP contribution < -0.4 is 14.4 Å².